The third-order valence-electron chi connectivity index (χ3n) is 8.08. The maximum absolute atomic E-state index is 11.2. The number of nitrogens with two attached hydrogens (primary N) is 1. The number of aromatic nitrogens is 4. The minimum Gasteiger partial charge on any atom is -0.481 e. The Kier molecular flexibility index (Phi) is 5.45. The average molecular weight is 517 g/mol. The molecule has 8 nitrogen and oxygen atoms in total. The molecule has 1 saturated heterocycles. The van der Waals surface area contributed by atoms with Gasteiger partial charge < -0.3 is 10.8 Å². The van der Waals surface area contributed by atoms with Gasteiger partial charge >= 0.3 is 5.97 Å². The fourth-order valence-electron chi connectivity index (χ4n) is 6.20. The summed E-state index contributed by atoms with van der Waals surface area (Å²) in [6, 6.07) is 26.4. The predicted molar refractivity (Wildman–Crippen MR) is 150 cm³/mol. The van der Waals surface area contributed by atoms with Crippen LogP contribution in [0.5, 0.6) is 0 Å². The number of aliphatic carboxylic acids is 1. The second-order valence-electron chi connectivity index (χ2n) is 10.9. The van der Waals surface area contributed by atoms with Gasteiger partial charge in [0.05, 0.1) is 17.2 Å². The zero-order valence-corrected chi connectivity index (χ0v) is 21.4. The topological polar surface area (TPSA) is 110 Å². The number of nitrogen functional groups attached to an aromatic ring is 1. The molecule has 194 valence electrons. The Labute approximate surface area is 225 Å². The van der Waals surface area contributed by atoms with Crippen molar-refractivity contribution in [1.82, 2.24) is 24.4 Å². The van der Waals surface area contributed by atoms with Crippen LogP contribution in [0, 0.1) is 11.3 Å². The van der Waals surface area contributed by atoms with Crippen LogP contribution in [0.4, 0.5) is 5.82 Å². The molecule has 0 atom stereocenters. The molecule has 2 aliphatic rings. The lowest BCUT2D eigenvalue weighted by molar-refractivity contribution is -0.161. The third-order valence-corrected chi connectivity index (χ3v) is 8.08. The first-order valence-corrected chi connectivity index (χ1v) is 13.2. The molecule has 0 bridgehead atoms. The molecule has 0 amide bonds. The molecule has 2 fully saturated rings. The van der Waals surface area contributed by atoms with E-state index in [4.69, 9.17) is 15.7 Å². The number of anilines is 1. The summed E-state index contributed by atoms with van der Waals surface area (Å²) in [5, 5.41) is 9.20. The Morgan fingerprint density at radius 3 is 2.44 bits per heavy atom. The number of benzene rings is 2. The summed E-state index contributed by atoms with van der Waals surface area (Å²) < 4.78 is 2.05. The molecule has 4 heterocycles. The van der Waals surface area contributed by atoms with Gasteiger partial charge in [0.1, 0.15) is 11.3 Å². The van der Waals surface area contributed by atoms with Crippen LogP contribution < -0.4 is 5.73 Å². The molecule has 1 spiro atoms. The van der Waals surface area contributed by atoms with E-state index in [0.717, 1.165) is 66.1 Å². The first-order chi connectivity index (χ1) is 19.0. The van der Waals surface area contributed by atoms with Gasteiger partial charge in [0, 0.05) is 37.1 Å². The van der Waals surface area contributed by atoms with Crippen LogP contribution in [-0.4, -0.2) is 48.6 Å². The van der Waals surface area contributed by atoms with Crippen molar-refractivity contribution in [2.24, 2.45) is 11.3 Å². The maximum Gasteiger partial charge on any atom is 0.306 e. The van der Waals surface area contributed by atoms with Gasteiger partial charge in [-0.05, 0) is 60.2 Å². The van der Waals surface area contributed by atoms with Crippen LogP contribution in [0.3, 0.4) is 0 Å². The van der Waals surface area contributed by atoms with Gasteiger partial charge in [-0.1, -0.05) is 42.5 Å². The SMILES string of the molecule is Nc1ncccc1-c1nc2ccc(-c3ccccc3)nc2n1-c1ccc(CN2CC3(CC(C(=O)O)C3)C2)cc1. The lowest BCUT2D eigenvalue weighted by Gasteiger charge is -2.58. The smallest absolute Gasteiger partial charge is 0.306 e. The van der Waals surface area contributed by atoms with Crippen molar-refractivity contribution in [3.63, 3.8) is 0 Å². The van der Waals surface area contributed by atoms with E-state index in [2.05, 4.69) is 50.8 Å². The quantitative estimate of drug-likeness (QED) is 0.326. The Bertz CT molecular complexity index is 1680. The third kappa shape index (κ3) is 4.13. The zero-order valence-electron chi connectivity index (χ0n) is 21.4. The van der Waals surface area contributed by atoms with Gasteiger partial charge in [0.15, 0.2) is 11.5 Å². The lowest BCUT2D eigenvalue weighted by Crippen LogP contribution is -2.62. The molecule has 3 N–H and O–H groups in total. The number of nitrogens with zero attached hydrogens (tertiary/aromatic N) is 5. The highest BCUT2D eigenvalue weighted by Gasteiger charge is 2.54. The fourth-order valence-corrected chi connectivity index (χ4v) is 6.20. The first-order valence-electron chi connectivity index (χ1n) is 13.2. The van der Waals surface area contributed by atoms with Crippen molar-refractivity contribution in [3.05, 3.63) is 90.6 Å². The van der Waals surface area contributed by atoms with Gasteiger partial charge in [-0.25, -0.2) is 15.0 Å². The molecule has 0 unspecified atom stereocenters. The number of likely N-dealkylation sites (tertiary alicyclic amines) is 1. The van der Waals surface area contributed by atoms with Gasteiger partial charge in [-0.3, -0.25) is 14.3 Å². The van der Waals surface area contributed by atoms with Crippen molar-refractivity contribution in [1.29, 1.82) is 0 Å². The Morgan fingerprint density at radius 2 is 1.72 bits per heavy atom. The average Bonchev–Trinajstić information content (AvgIpc) is 3.28. The van der Waals surface area contributed by atoms with Crippen LogP contribution in [0.25, 0.3) is 39.5 Å². The molecule has 3 aromatic heterocycles. The molecule has 2 aromatic carbocycles. The van der Waals surface area contributed by atoms with Gasteiger partial charge in [0.2, 0.25) is 0 Å². The molecular weight excluding hydrogens is 488 g/mol. The number of carboxylic acid groups (broad SMARTS) is 1. The van der Waals surface area contributed by atoms with Gasteiger partial charge in [-0.2, -0.15) is 0 Å². The van der Waals surface area contributed by atoms with Crippen LogP contribution in [0.1, 0.15) is 18.4 Å². The second-order valence-corrected chi connectivity index (χ2v) is 10.9. The minimum atomic E-state index is -0.653. The van der Waals surface area contributed by atoms with Gasteiger partial charge in [0.25, 0.3) is 0 Å². The van der Waals surface area contributed by atoms with Crippen LogP contribution in [0.2, 0.25) is 0 Å². The van der Waals surface area contributed by atoms with Crippen molar-refractivity contribution < 1.29 is 9.90 Å². The normalized spacial score (nSPS) is 16.7. The Hall–Kier alpha value is -4.56. The summed E-state index contributed by atoms with van der Waals surface area (Å²) in [6.07, 6.45) is 3.30. The molecule has 1 saturated carbocycles. The summed E-state index contributed by atoms with van der Waals surface area (Å²) in [5.74, 6) is 0.306. The molecule has 39 heavy (non-hydrogen) atoms. The van der Waals surface area contributed by atoms with Gasteiger partial charge in [-0.15, -0.1) is 0 Å². The highest BCUT2D eigenvalue weighted by atomic mass is 16.4. The maximum atomic E-state index is 11.2. The zero-order chi connectivity index (χ0) is 26.6. The van der Waals surface area contributed by atoms with Crippen molar-refractivity contribution in [3.8, 4) is 28.3 Å². The highest BCUT2D eigenvalue weighted by molar-refractivity contribution is 5.84. The fraction of sp³-hybridized carbons (Fsp3) is 0.226. The molecule has 1 aliphatic heterocycles. The van der Waals surface area contributed by atoms with E-state index in [1.54, 1.807) is 6.20 Å². The van der Waals surface area contributed by atoms with E-state index in [-0.39, 0.29) is 11.3 Å². The Balaban J connectivity index is 1.21. The van der Waals surface area contributed by atoms with E-state index in [1.807, 2.05) is 42.5 Å². The van der Waals surface area contributed by atoms with E-state index >= 15 is 0 Å². The van der Waals surface area contributed by atoms with Crippen molar-refractivity contribution in [2.45, 2.75) is 19.4 Å². The van der Waals surface area contributed by atoms with Crippen LogP contribution in [-0.2, 0) is 11.3 Å². The molecule has 8 heteroatoms. The second kappa shape index (κ2) is 9.03. The molecular formula is C31H28N6O2. The number of hydrogen-bond acceptors (Lipinski definition) is 6. The van der Waals surface area contributed by atoms with Crippen LogP contribution >= 0.6 is 0 Å². The van der Waals surface area contributed by atoms with Crippen molar-refractivity contribution >= 4 is 23.0 Å². The summed E-state index contributed by atoms with van der Waals surface area (Å²) in [6.45, 7) is 2.80. The monoisotopic (exact) mass is 516 g/mol. The number of carbonyl (C=O) groups is 1. The van der Waals surface area contributed by atoms with E-state index in [0.29, 0.717) is 11.6 Å². The molecule has 5 aromatic rings. The highest BCUT2D eigenvalue weighted by Crippen LogP contribution is 2.52. The number of rotatable bonds is 6. The number of fused-ring (bicyclic) bond motifs is 1. The standard InChI is InChI=1S/C31H28N6O2/c32-27-24(7-4-14-33-27)28-35-26-13-12-25(21-5-2-1-3-6-21)34-29(26)37(28)23-10-8-20(9-11-23)17-36-18-31(19-36)15-22(16-31)30(38)39/h1-14,22H,15-19H2,(H2,32,33)(H,38,39). The summed E-state index contributed by atoms with van der Waals surface area (Å²) in [5.41, 5.74) is 12.9. The number of pyridine rings is 2. The van der Waals surface area contributed by atoms with E-state index < -0.39 is 5.97 Å². The molecule has 1 aliphatic carbocycles. The first kappa shape index (κ1) is 23.5. The summed E-state index contributed by atoms with van der Waals surface area (Å²) >= 11 is 0. The largest absolute Gasteiger partial charge is 0.481 e. The van der Waals surface area contributed by atoms with Crippen molar-refractivity contribution in [2.75, 3.05) is 18.8 Å². The minimum absolute atomic E-state index is 0.157. The number of carboxylic acids is 1. The van der Waals surface area contributed by atoms with E-state index in [1.165, 1.54) is 5.56 Å². The number of imidazole rings is 1. The predicted octanol–water partition coefficient (Wildman–Crippen LogP) is 5.03. The van der Waals surface area contributed by atoms with Crippen LogP contribution in [0.15, 0.2) is 85.1 Å². The molecule has 7 rings (SSSR count). The summed E-state index contributed by atoms with van der Waals surface area (Å²) in [4.78, 5) is 27.8. The molecule has 0 radical (unpaired) electrons. The summed E-state index contributed by atoms with van der Waals surface area (Å²) in [7, 11) is 0. The Morgan fingerprint density at radius 1 is 0.949 bits per heavy atom. The number of hydrogen-bond donors (Lipinski definition) is 2. The lowest BCUT2D eigenvalue weighted by atomic mass is 9.57. The van der Waals surface area contributed by atoms with E-state index in [9.17, 15) is 9.90 Å².